The van der Waals surface area contributed by atoms with Crippen LogP contribution in [0.3, 0.4) is 0 Å². The van der Waals surface area contributed by atoms with E-state index in [1.54, 1.807) is 7.11 Å². The van der Waals surface area contributed by atoms with E-state index in [0.29, 0.717) is 37.6 Å². The lowest BCUT2D eigenvalue weighted by Gasteiger charge is -2.31. The van der Waals surface area contributed by atoms with Gasteiger partial charge in [-0.3, -0.25) is 10.2 Å². The molecule has 3 N–H and O–H groups in total. The Bertz CT molecular complexity index is 1600. The molecule has 0 radical (unpaired) electrons. The Morgan fingerprint density at radius 3 is 2.36 bits per heavy atom. The molecule has 1 aliphatic rings. The summed E-state index contributed by atoms with van der Waals surface area (Å²) in [6, 6.07) is 30.9. The van der Waals surface area contributed by atoms with Crippen molar-refractivity contribution in [2.45, 2.75) is 30.9 Å². The number of nitrogens with zero attached hydrogens (tertiary/aromatic N) is 1. The first kappa shape index (κ1) is 32.7. The van der Waals surface area contributed by atoms with Gasteiger partial charge in [-0.05, 0) is 77.7 Å². The third kappa shape index (κ3) is 8.12. The molecule has 0 spiro atoms. The Labute approximate surface area is 280 Å². The molecule has 8 nitrogen and oxygen atoms in total. The molecule has 0 fully saturated rings. The minimum Gasteiger partial charge on any atom is -0.497 e. The van der Waals surface area contributed by atoms with E-state index in [9.17, 15) is 4.79 Å². The molecule has 0 aromatic heterocycles. The maximum atomic E-state index is 14.4. The largest absolute Gasteiger partial charge is 0.497 e. The molecule has 0 unspecified atom stereocenters. The first-order valence-corrected chi connectivity index (χ1v) is 16.3. The van der Waals surface area contributed by atoms with Crippen molar-refractivity contribution in [3.8, 4) is 11.5 Å². The fourth-order valence-electron chi connectivity index (χ4n) is 5.10. The number of halogens is 2. The van der Waals surface area contributed by atoms with Crippen molar-refractivity contribution < 1.29 is 24.1 Å². The number of rotatable bonds is 14. The summed E-state index contributed by atoms with van der Waals surface area (Å²) in [5.74, 6) is 1.53. The zero-order chi connectivity index (χ0) is 31.6. The van der Waals surface area contributed by atoms with Crippen LogP contribution in [0.2, 0.25) is 0 Å². The van der Waals surface area contributed by atoms with E-state index in [2.05, 4.69) is 42.7 Å². The second-order valence-electron chi connectivity index (χ2n) is 10.6. The Hall–Kier alpha value is -3.70. The zero-order valence-electron chi connectivity index (χ0n) is 24.8. The van der Waals surface area contributed by atoms with Crippen molar-refractivity contribution in [3.63, 3.8) is 0 Å². The van der Waals surface area contributed by atoms with E-state index < -0.39 is 11.6 Å². The number of ether oxygens (including phenoxy) is 3. The van der Waals surface area contributed by atoms with Gasteiger partial charge in [-0.25, -0.2) is 10.4 Å². The number of aliphatic hydroxyl groups is 1. The molecule has 1 aliphatic heterocycles. The molecule has 10 heteroatoms. The highest BCUT2D eigenvalue weighted by molar-refractivity contribution is 9.10. The number of carbonyl (C=O) groups excluding carboxylic acids is 1. The van der Waals surface area contributed by atoms with Gasteiger partial charge in [0.15, 0.2) is 11.6 Å². The average Bonchev–Trinajstić information content (AvgIpc) is 3.45. The van der Waals surface area contributed by atoms with E-state index >= 15 is 0 Å². The van der Waals surface area contributed by atoms with Crippen molar-refractivity contribution in [1.82, 2.24) is 10.9 Å². The quantitative estimate of drug-likeness (QED) is 0.103. The fraction of sp³-hybridized carbons (Fsp3) is 0.257. The number of nitrogens with one attached hydrogen (secondary N) is 2. The van der Waals surface area contributed by atoms with Gasteiger partial charge < -0.3 is 19.3 Å². The van der Waals surface area contributed by atoms with Crippen LogP contribution in [0.1, 0.15) is 34.8 Å². The minimum atomic E-state index is -1.34. The second kappa shape index (κ2) is 15.5. The average molecular weight is 737 g/mol. The lowest BCUT2D eigenvalue weighted by atomic mass is 9.82. The van der Waals surface area contributed by atoms with Crippen LogP contribution in [0.25, 0.3) is 0 Å². The van der Waals surface area contributed by atoms with Gasteiger partial charge in [0.25, 0.3) is 5.91 Å². The summed E-state index contributed by atoms with van der Waals surface area (Å²) in [7, 11) is 1.64. The second-order valence-corrected chi connectivity index (χ2v) is 12.4. The number of hydrogen-bond donors (Lipinski definition) is 3. The van der Waals surface area contributed by atoms with Gasteiger partial charge in [0, 0.05) is 40.5 Å². The molecular formula is C35H35Br2N3O5. The summed E-state index contributed by atoms with van der Waals surface area (Å²) in [5.41, 5.74) is 8.32. The van der Waals surface area contributed by atoms with Gasteiger partial charge in [-0.1, -0.05) is 74.3 Å². The molecule has 45 heavy (non-hydrogen) atoms. The maximum Gasteiger partial charge on any atom is 0.266 e. The highest BCUT2D eigenvalue weighted by atomic mass is 79.9. The molecule has 2 atom stereocenters. The van der Waals surface area contributed by atoms with Gasteiger partial charge in [-0.15, -0.1) is 0 Å². The molecule has 0 saturated heterocycles. The summed E-state index contributed by atoms with van der Waals surface area (Å²) < 4.78 is 19.4. The SMILES string of the molecule is COc1ccc(CCNNC(=O)[C@@]2(Cc3ccccc3Br)N=C(c3ccc(OCCCO)cc3)O[C@H]2c2ccc(Br)cc2)cc1. The summed E-state index contributed by atoms with van der Waals surface area (Å²) in [6.45, 7) is 0.999. The zero-order valence-corrected chi connectivity index (χ0v) is 28.0. The molecular weight excluding hydrogens is 702 g/mol. The summed E-state index contributed by atoms with van der Waals surface area (Å²) in [5, 5.41) is 9.06. The third-order valence-electron chi connectivity index (χ3n) is 7.52. The number of amides is 1. The number of hydrazine groups is 1. The molecule has 0 bridgehead atoms. The first-order chi connectivity index (χ1) is 21.9. The number of hydrogen-bond acceptors (Lipinski definition) is 7. The predicted octanol–water partition coefficient (Wildman–Crippen LogP) is 6.34. The van der Waals surface area contributed by atoms with E-state index in [4.69, 9.17) is 24.3 Å². The summed E-state index contributed by atoms with van der Waals surface area (Å²) in [4.78, 5) is 19.5. The number of aliphatic hydroxyl groups excluding tert-OH is 1. The topological polar surface area (TPSA) is 101 Å². The smallest absolute Gasteiger partial charge is 0.266 e. The predicted molar refractivity (Wildman–Crippen MR) is 182 cm³/mol. The maximum absolute atomic E-state index is 14.4. The lowest BCUT2D eigenvalue weighted by molar-refractivity contribution is -0.130. The van der Waals surface area contributed by atoms with Crippen LogP contribution in [-0.2, 0) is 22.4 Å². The molecule has 5 rings (SSSR count). The molecule has 4 aromatic rings. The Morgan fingerprint density at radius 1 is 0.956 bits per heavy atom. The van der Waals surface area contributed by atoms with Gasteiger partial charge in [0.05, 0.1) is 13.7 Å². The van der Waals surface area contributed by atoms with Crippen LogP contribution < -0.4 is 20.3 Å². The monoisotopic (exact) mass is 735 g/mol. The molecule has 0 aliphatic carbocycles. The fourth-order valence-corrected chi connectivity index (χ4v) is 5.79. The van der Waals surface area contributed by atoms with E-state index in [-0.39, 0.29) is 18.9 Å². The molecule has 1 heterocycles. The van der Waals surface area contributed by atoms with Crippen LogP contribution in [-0.4, -0.2) is 49.3 Å². The van der Waals surface area contributed by atoms with Crippen LogP contribution in [0.5, 0.6) is 11.5 Å². The van der Waals surface area contributed by atoms with E-state index in [1.807, 2.05) is 97.1 Å². The molecule has 1 amide bonds. The van der Waals surface area contributed by atoms with E-state index in [1.165, 1.54) is 0 Å². The van der Waals surface area contributed by atoms with Gasteiger partial charge in [0.2, 0.25) is 5.90 Å². The standard InChI is InChI=1S/C35H35Br2N3O5/c1-43-29-15-7-24(8-16-29)19-20-38-40-34(42)35(23-27-5-2-3-6-31(27)37)32(25-9-13-28(36)14-10-25)45-33(39-35)26-11-17-30(18-12-26)44-22-4-21-41/h2-3,5-18,32,38,41H,4,19-23H2,1H3,(H,40,42)/t32-,35-/m0/s1. The van der Waals surface area contributed by atoms with Gasteiger partial charge in [-0.2, -0.15) is 0 Å². The van der Waals surface area contributed by atoms with Crippen LogP contribution >= 0.6 is 31.9 Å². The summed E-state index contributed by atoms with van der Waals surface area (Å²) >= 11 is 7.20. The third-order valence-corrected chi connectivity index (χ3v) is 8.82. The van der Waals surface area contributed by atoms with Crippen molar-refractivity contribution in [2.75, 3.05) is 26.9 Å². The Morgan fingerprint density at radius 2 is 1.67 bits per heavy atom. The van der Waals surface area contributed by atoms with Crippen LogP contribution in [0, 0.1) is 0 Å². The Balaban J connectivity index is 1.46. The van der Waals surface area contributed by atoms with Crippen molar-refractivity contribution >= 4 is 43.7 Å². The number of aliphatic imine (C=N–C) groups is 1. The number of benzene rings is 4. The van der Waals surface area contributed by atoms with Crippen molar-refractivity contribution in [1.29, 1.82) is 0 Å². The Kier molecular flexibility index (Phi) is 11.3. The molecule has 0 saturated carbocycles. The van der Waals surface area contributed by atoms with Gasteiger partial charge in [0.1, 0.15) is 11.5 Å². The normalized spacial score (nSPS) is 17.3. The minimum absolute atomic E-state index is 0.0676. The van der Waals surface area contributed by atoms with Crippen molar-refractivity contribution in [2.24, 2.45) is 4.99 Å². The number of carbonyl (C=O) groups is 1. The lowest BCUT2D eigenvalue weighted by Crippen LogP contribution is -2.54. The molecule has 4 aromatic carbocycles. The number of methoxy groups -OCH3 is 1. The van der Waals surface area contributed by atoms with Crippen LogP contribution in [0.4, 0.5) is 0 Å². The van der Waals surface area contributed by atoms with Crippen molar-refractivity contribution in [3.05, 3.63) is 128 Å². The van der Waals surface area contributed by atoms with E-state index in [0.717, 1.165) is 36.9 Å². The summed E-state index contributed by atoms with van der Waals surface area (Å²) in [6.07, 6.45) is 0.826. The first-order valence-electron chi connectivity index (χ1n) is 14.7. The van der Waals surface area contributed by atoms with Crippen LogP contribution in [0.15, 0.2) is 111 Å². The highest BCUT2D eigenvalue weighted by Gasteiger charge is 2.53. The molecule has 234 valence electrons. The van der Waals surface area contributed by atoms with Gasteiger partial charge >= 0.3 is 0 Å². The highest BCUT2D eigenvalue weighted by Crippen LogP contribution is 2.43.